The molecule has 0 radical (unpaired) electrons. The summed E-state index contributed by atoms with van der Waals surface area (Å²) in [5, 5.41) is 0. The van der Waals surface area contributed by atoms with Crippen LogP contribution in [0.1, 0.15) is 27.2 Å². The number of alkyl halides is 3. The lowest BCUT2D eigenvalue weighted by Crippen LogP contribution is -2.34. The summed E-state index contributed by atoms with van der Waals surface area (Å²) in [4.78, 5) is 23.7. The van der Waals surface area contributed by atoms with Gasteiger partial charge in [0, 0.05) is 17.9 Å². The number of ether oxygens (including phenoxy) is 2. The van der Waals surface area contributed by atoms with E-state index in [2.05, 4.69) is 4.74 Å². The zero-order chi connectivity index (χ0) is 19.1. The van der Waals surface area contributed by atoms with Crippen molar-refractivity contribution in [1.82, 2.24) is 4.31 Å². The van der Waals surface area contributed by atoms with Gasteiger partial charge in [0.2, 0.25) is 0 Å². The Bertz CT molecular complexity index is 573. The molecule has 0 N–H and O–H groups in total. The Morgan fingerprint density at radius 2 is 1.72 bits per heavy atom. The number of amides is 1. The fraction of sp³-hybridized carbons (Fsp3) is 0.500. The molecule has 0 atom stereocenters. The molecule has 0 aliphatic heterocycles. The van der Waals surface area contributed by atoms with E-state index < -0.39 is 30.4 Å². The fourth-order valence-electron chi connectivity index (χ4n) is 1.55. The van der Waals surface area contributed by atoms with E-state index in [0.29, 0.717) is 0 Å². The molecule has 0 heterocycles. The van der Waals surface area contributed by atoms with Crippen LogP contribution in [-0.4, -0.2) is 41.3 Å². The lowest BCUT2D eigenvalue weighted by Gasteiger charge is -2.26. The molecule has 0 aliphatic rings. The van der Waals surface area contributed by atoms with Gasteiger partial charge < -0.3 is 9.47 Å². The van der Waals surface area contributed by atoms with Crippen molar-refractivity contribution in [3.05, 3.63) is 30.3 Å². The summed E-state index contributed by atoms with van der Waals surface area (Å²) in [6.07, 6.45) is -5.60. The van der Waals surface area contributed by atoms with Crippen LogP contribution in [0, 0.1) is 0 Å². The quantitative estimate of drug-likeness (QED) is 0.416. The molecule has 1 rings (SSSR count). The summed E-state index contributed by atoms with van der Waals surface area (Å²) in [5.74, 6) is -2.24. The Balaban J connectivity index is 2.62. The molecule has 140 valence electrons. The van der Waals surface area contributed by atoms with Crippen molar-refractivity contribution in [2.45, 2.75) is 43.9 Å². The maximum atomic E-state index is 12.2. The van der Waals surface area contributed by atoms with Crippen molar-refractivity contribution in [3.8, 4) is 0 Å². The van der Waals surface area contributed by atoms with E-state index in [9.17, 15) is 22.8 Å². The summed E-state index contributed by atoms with van der Waals surface area (Å²) in [6.45, 7) is 4.73. The first-order valence-electron chi connectivity index (χ1n) is 7.46. The molecule has 25 heavy (non-hydrogen) atoms. The van der Waals surface area contributed by atoms with Crippen LogP contribution >= 0.6 is 11.9 Å². The molecule has 0 unspecified atom stereocenters. The van der Waals surface area contributed by atoms with Gasteiger partial charge in [-0.25, -0.2) is 13.9 Å². The Labute approximate surface area is 148 Å². The van der Waals surface area contributed by atoms with Crippen LogP contribution in [-0.2, 0) is 14.3 Å². The second-order valence-electron chi connectivity index (χ2n) is 5.97. The lowest BCUT2D eigenvalue weighted by molar-refractivity contribution is -0.199. The topological polar surface area (TPSA) is 55.8 Å². The van der Waals surface area contributed by atoms with Crippen LogP contribution < -0.4 is 0 Å². The number of benzene rings is 1. The van der Waals surface area contributed by atoms with Crippen LogP contribution in [0.15, 0.2) is 35.2 Å². The number of hydrogen-bond donors (Lipinski definition) is 0. The Kier molecular flexibility index (Phi) is 7.60. The molecular formula is C16H20F3NO4S. The minimum atomic E-state index is -5.02. The van der Waals surface area contributed by atoms with Gasteiger partial charge in [-0.05, 0) is 44.9 Å². The summed E-state index contributed by atoms with van der Waals surface area (Å²) in [6, 6.07) is 8.97. The molecular weight excluding hydrogens is 359 g/mol. The highest BCUT2D eigenvalue weighted by atomic mass is 32.2. The van der Waals surface area contributed by atoms with Gasteiger partial charge in [0.1, 0.15) is 5.60 Å². The van der Waals surface area contributed by atoms with Gasteiger partial charge >= 0.3 is 18.2 Å². The SMILES string of the molecule is CC(C)(C)OC(=O)N(CCCOC(=O)C(F)(F)F)Sc1ccccc1. The van der Waals surface area contributed by atoms with E-state index in [1.807, 2.05) is 6.07 Å². The van der Waals surface area contributed by atoms with Crippen LogP contribution in [0.25, 0.3) is 0 Å². The summed E-state index contributed by atoms with van der Waals surface area (Å²) in [5.41, 5.74) is -0.713. The van der Waals surface area contributed by atoms with Gasteiger partial charge in [-0.2, -0.15) is 13.2 Å². The van der Waals surface area contributed by atoms with Crippen molar-refractivity contribution in [3.63, 3.8) is 0 Å². The van der Waals surface area contributed by atoms with E-state index in [-0.39, 0.29) is 13.0 Å². The fourth-order valence-corrected chi connectivity index (χ4v) is 2.42. The first kappa shape index (κ1) is 21.1. The van der Waals surface area contributed by atoms with Gasteiger partial charge in [-0.1, -0.05) is 18.2 Å². The van der Waals surface area contributed by atoms with E-state index in [1.165, 1.54) is 4.31 Å². The molecule has 1 amide bonds. The van der Waals surface area contributed by atoms with E-state index in [0.717, 1.165) is 16.8 Å². The van der Waals surface area contributed by atoms with Crippen molar-refractivity contribution in [2.75, 3.05) is 13.2 Å². The number of halogens is 3. The van der Waals surface area contributed by atoms with Gasteiger partial charge in [-0.3, -0.25) is 0 Å². The summed E-state index contributed by atoms with van der Waals surface area (Å²) in [7, 11) is 0. The predicted molar refractivity (Wildman–Crippen MR) is 86.9 cm³/mol. The first-order valence-corrected chi connectivity index (χ1v) is 8.24. The van der Waals surface area contributed by atoms with Gasteiger partial charge in [-0.15, -0.1) is 0 Å². The lowest BCUT2D eigenvalue weighted by atomic mass is 10.2. The van der Waals surface area contributed by atoms with Crippen molar-refractivity contribution < 1.29 is 32.2 Å². The molecule has 0 saturated heterocycles. The molecule has 1 aromatic carbocycles. The molecule has 9 heteroatoms. The van der Waals surface area contributed by atoms with E-state index >= 15 is 0 Å². The monoisotopic (exact) mass is 379 g/mol. The molecule has 0 spiro atoms. The maximum absolute atomic E-state index is 12.2. The first-order chi connectivity index (χ1) is 11.5. The van der Waals surface area contributed by atoms with Crippen LogP contribution in [0.3, 0.4) is 0 Å². The third-order valence-corrected chi connectivity index (χ3v) is 3.56. The average molecular weight is 379 g/mol. The third kappa shape index (κ3) is 8.67. The molecule has 0 saturated carbocycles. The number of rotatable bonds is 6. The van der Waals surface area contributed by atoms with Crippen LogP contribution in [0.4, 0.5) is 18.0 Å². The standard InChI is InChI=1S/C16H20F3NO4S/c1-15(2,3)24-14(22)20(25-12-8-5-4-6-9-12)10-7-11-23-13(21)16(17,18)19/h4-6,8-9H,7,10-11H2,1-3H3. The number of carbonyl (C=O) groups is 2. The highest BCUT2D eigenvalue weighted by Crippen LogP contribution is 2.25. The van der Waals surface area contributed by atoms with Crippen molar-refractivity contribution in [1.29, 1.82) is 0 Å². The third-order valence-electron chi connectivity index (χ3n) is 2.53. The maximum Gasteiger partial charge on any atom is 0.490 e. The molecule has 5 nitrogen and oxygen atoms in total. The zero-order valence-electron chi connectivity index (χ0n) is 14.1. The van der Waals surface area contributed by atoms with Crippen molar-refractivity contribution >= 4 is 24.0 Å². The Morgan fingerprint density at radius 3 is 2.24 bits per heavy atom. The molecule has 0 aliphatic carbocycles. The largest absolute Gasteiger partial charge is 0.490 e. The summed E-state index contributed by atoms with van der Waals surface area (Å²) < 4.78 is 46.9. The number of carbonyl (C=O) groups excluding carboxylic acids is 2. The second-order valence-corrected chi connectivity index (χ2v) is 7.07. The normalized spacial score (nSPS) is 11.8. The number of esters is 1. The molecule has 0 aromatic heterocycles. The molecule has 1 aromatic rings. The van der Waals surface area contributed by atoms with E-state index in [4.69, 9.17) is 4.74 Å². The molecule has 0 fully saturated rings. The van der Waals surface area contributed by atoms with Crippen LogP contribution in [0.2, 0.25) is 0 Å². The number of hydrogen-bond acceptors (Lipinski definition) is 5. The molecule has 0 bridgehead atoms. The highest BCUT2D eigenvalue weighted by molar-refractivity contribution is 7.97. The minimum Gasteiger partial charge on any atom is -0.459 e. The highest BCUT2D eigenvalue weighted by Gasteiger charge is 2.40. The smallest absolute Gasteiger partial charge is 0.459 e. The van der Waals surface area contributed by atoms with Gasteiger partial charge in [0.25, 0.3) is 0 Å². The predicted octanol–water partition coefficient (Wildman–Crippen LogP) is 4.43. The summed E-state index contributed by atoms with van der Waals surface area (Å²) >= 11 is 1.10. The average Bonchev–Trinajstić information content (AvgIpc) is 2.48. The van der Waals surface area contributed by atoms with Crippen molar-refractivity contribution in [2.24, 2.45) is 0 Å². The van der Waals surface area contributed by atoms with Gasteiger partial charge in [0.15, 0.2) is 0 Å². The van der Waals surface area contributed by atoms with E-state index in [1.54, 1.807) is 45.0 Å². The second kappa shape index (κ2) is 8.98. The minimum absolute atomic E-state index is 0.0426. The Morgan fingerprint density at radius 1 is 1.12 bits per heavy atom. The zero-order valence-corrected chi connectivity index (χ0v) is 14.9. The Hall–Kier alpha value is -1.90. The van der Waals surface area contributed by atoms with Crippen LogP contribution in [0.5, 0.6) is 0 Å². The van der Waals surface area contributed by atoms with Gasteiger partial charge in [0.05, 0.1) is 6.61 Å². The number of nitrogens with zero attached hydrogens (tertiary/aromatic N) is 1.